The van der Waals surface area contributed by atoms with Crippen LogP contribution in [-0.4, -0.2) is 78.2 Å². The number of aromatic nitrogens is 1. The van der Waals surface area contributed by atoms with Crippen molar-refractivity contribution in [3.05, 3.63) is 78.1 Å². The number of nitrogens with zero attached hydrogens (tertiary/aromatic N) is 2. The molecule has 2 aliphatic rings. The first-order valence-corrected chi connectivity index (χ1v) is 14.9. The van der Waals surface area contributed by atoms with Gasteiger partial charge in [-0.1, -0.05) is 18.2 Å². The lowest BCUT2D eigenvalue weighted by Crippen LogP contribution is -2.46. The summed E-state index contributed by atoms with van der Waals surface area (Å²) in [7, 11) is -4.21. The fraction of sp³-hybridized carbons (Fsp3) is 0.414. The molecule has 13 heteroatoms. The number of hydrogen-bond donors (Lipinski definition) is 4. The van der Waals surface area contributed by atoms with Gasteiger partial charge in [-0.05, 0) is 65.9 Å². The molecule has 1 spiro atoms. The minimum atomic E-state index is -4.56. The van der Waals surface area contributed by atoms with Crippen molar-refractivity contribution in [2.45, 2.75) is 48.8 Å². The van der Waals surface area contributed by atoms with Crippen LogP contribution in [0.15, 0.2) is 71.9 Å². The Morgan fingerprint density at radius 2 is 1.69 bits per heavy atom. The summed E-state index contributed by atoms with van der Waals surface area (Å²) in [5, 5.41) is 31.9. The minimum Gasteiger partial charge on any atom is -0.492 e. The zero-order valence-corrected chi connectivity index (χ0v) is 23.4. The number of β-amino-alcohol motifs (C(OH)–C–C–N with tert-alkyl or cyclic N) is 1. The molecule has 0 amide bonds. The lowest BCUT2D eigenvalue weighted by Gasteiger charge is -2.37. The van der Waals surface area contributed by atoms with Crippen LogP contribution in [0.25, 0.3) is 11.1 Å². The standard InChI is InChI=1S/C29H32F3N3O6S/c30-29(31,32)22-3-1-2-20(10-22)21-4-5-27-26(11-21)41-18-28(12-24(37)25(38)13-28)17-35(15-19-6-8-33-9-7-19)16-23(36)14-34-42(27,39)40/h1-11,23-25,34,36-38H,12-18H2/t23-,24-,25+,28?/m0/s1. The molecule has 2 aromatic carbocycles. The topological polar surface area (TPSA) is 132 Å². The number of aliphatic hydroxyl groups is 3. The fourth-order valence-corrected chi connectivity index (χ4v) is 6.91. The minimum absolute atomic E-state index is 0.0941. The lowest BCUT2D eigenvalue weighted by molar-refractivity contribution is -0.137. The fourth-order valence-electron chi connectivity index (χ4n) is 5.72. The molecule has 9 nitrogen and oxygen atoms in total. The molecule has 1 unspecified atom stereocenters. The number of nitrogens with one attached hydrogen (secondary N) is 1. The maximum absolute atomic E-state index is 13.4. The van der Waals surface area contributed by atoms with E-state index in [1.165, 1.54) is 30.3 Å². The zero-order chi connectivity index (χ0) is 30.1. The van der Waals surface area contributed by atoms with Crippen LogP contribution in [0.2, 0.25) is 0 Å². The molecule has 0 radical (unpaired) electrons. The Morgan fingerprint density at radius 3 is 2.38 bits per heavy atom. The van der Waals surface area contributed by atoms with E-state index in [-0.39, 0.29) is 48.7 Å². The first-order chi connectivity index (χ1) is 19.8. The van der Waals surface area contributed by atoms with Crippen molar-refractivity contribution in [3.8, 4) is 16.9 Å². The van der Waals surface area contributed by atoms with Crippen LogP contribution < -0.4 is 9.46 Å². The Hall–Kier alpha value is -3.07. The number of hydrogen-bond acceptors (Lipinski definition) is 8. The van der Waals surface area contributed by atoms with E-state index in [2.05, 4.69) is 9.71 Å². The second-order valence-electron chi connectivity index (χ2n) is 11.1. The highest BCUT2D eigenvalue weighted by atomic mass is 32.2. The third kappa shape index (κ3) is 6.93. The molecule has 1 aliphatic carbocycles. The average molecular weight is 608 g/mol. The molecule has 5 rings (SSSR count). The van der Waals surface area contributed by atoms with Gasteiger partial charge in [0.25, 0.3) is 0 Å². The summed E-state index contributed by atoms with van der Waals surface area (Å²) in [5.41, 5.74) is -0.254. The van der Waals surface area contributed by atoms with Crippen LogP contribution in [0.3, 0.4) is 0 Å². The molecule has 0 bridgehead atoms. The van der Waals surface area contributed by atoms with Gasteiger partial charge in [0.1, 0.15) is 10.6 Å². The predicted molar refractivity (Wildman–Crippen MR) is 147 cm³/mol. The molecule has 2 heterocycles. The normalized spacial score (nSPS) is 27.0. The maximum Gasteiger partial charge on any atom is 0.416 e. The molecule has 1 aromatic heterocycles. The average Bonchev–Trinajstić information content (AvgIpc) is 3.22. The summed E-state index contributed by atoms with van der Waals surface area (Å²) >= 11 is 0. The van der Waals surface area contributed by atoms with Gasteiger partial charge in [-0.2, -0.15) is 13.2 Å². The summed E-state index contributed by atoms with van der Waals surface area (Å²) in [6, 6.07) is 12.3. The van der Waals surface area contributed by atoms with E-state index < -0.39 is 45.5 Å². The van der Waals surface area contributed by atoms with E-state index in [9.17, 15) is 36.9 Å². The first kappa shape index (κ1) is 30.4. The van der Waals surface area contributed by atoms with Crippen molar-refractivity contribution in [1.29, 1.82) is 0 Å². The number of sulfonamides is 1. The first-order valence-electron chi connectivity index (χ1n) is 13.4. The number of rotatable bonds is 3. The molecular weight excluding hydrogens is 575 g/mol. The highest BCUT2D eigenvalue weighted by molar-refractivity contribution is 7.89. The summed E-state index contributed by atoms with van der Waals surface area (Å²) < 4.78 is 75.3. The number of fused-ring (bicyclic) bond motifs is 1. The second-order valence-corrected chi connectivity index (χ2v) is 12.8. The van der Waals surface area contributed by atoms with E-state index in [1.807, 2.05) is 17.0 Å². The molecule has 226 valence electrons. The van der Waals surface area contributed by atoms with Crippen LogP contribution in [0, 0.1) is 5.41 Å². The molecule has 3 aromatic rings. The van der Waals surface area contributed by atoms with Gasteiger partial charge in [-0.15, -0.1) is 0 Å². The number of alkyl halides is 3. The molecule has 1 aliphatic heterocycles. The Morgan fingerprint density at radius 1 is 1.00 bits per heavy atom. The summed E-state index contributed by atoms with van der Waals surface area (Å²) in [5.74, 6) is -0.0941. The summed E-state index contributed by atoms with van der Waals surface area (Å²) in [4.78, 5) is 5.70. The quantitative estimate of drug-likeness (QED) is 0.358. The van der Waals surface area contributed by atoms with Gasteiger partial charge >= 0.3 is 6.18 Å². The van der Waals surface area contributed by atoms with Crippen LogP contribution in [0.4, 0.5) is 13.2 Å². The van der Waals surface area contributed by atoms with Crippen LogP contribution in [0.5, 0.6) is 5.75 Å². The number of benzene rings is 2. The van der Waals surface area contributed by atoms with Gasteiger partial charge in [0.05, 0.1) is 30.5 Å². The van der Waals surface area contributed by atoms with Crippen molar-refractivity contribution >= 4 is 10.0 Å². The van der Waals surface area contributed by atoms with Gasteiger partial charge in [-0.25, -0.2) is 13.1 Å². The molecule has 1 fully saturated rings. The van der Waals surface area contributed by atoms with E-state index in [1.54, 1.807) is 12.4 Å². The van der Waals surface area contributed by atoms with Crippen molar-refractivity contribution in [2.24, 2.45) is 5.41 Å². The van der Waals surface area contributed by atoms with Gasteiger partial charge in [0.15, 0.2) is 0 Å². The van der Waals surface area contributed by atoms with E-state index >= 15 is 0 Å². The Labute approximate surface area is 241 Å². The molecule has 0 saturated heterocycles. The third-order valence-electron chi connectivity index (χ3n) is 7.71. The number of aliphatic hydroxyl groups excluding tert-OH is 3. The van der Waals surface area contributed by atoms with Gasteiger partial charge in [0, 0.05) is 44.0 Å². The molecule has 42 heavy (non-hydrogen) atoms. The summed E-state index contributed by atoms with van der Waals surface area (Å²) in [6.07, 6.45) is -4.13. The smallest absolute Gasteiger partial charge is 0.416 e. The van der Waals surface area contributed by atoms with Crippen molar-refractivity contribution < 1.29 is 41.6 Å². The van der Waals surface area contributed by atoms with Gasteiger partial charge in [-0.3, -0.25) is 9.88 Å². The zero-order valence-electron chi connectivity index (χ0n) is 22.5. The van der Waals surface area contributed by atoms with Crippen LogP contribution in [0.1, 0.15) is 24.0 Å². The molecule has 1 saturated carbocycles. The second kappa shape index (κ2) is 11.9. The maximum atomic E-state index is 13.4. The number of halogens is 3. The number of pyridine rings is 1. The van der Waals surface area contributed by atoms with Crippen molar-refractivity contribution in [1.82, 2.24) is 14.6 Å². The predicted octanol–water partition coefficient (Wildman–Crippen LogP) is 2.80. The summed E-state index contributed by atoms with van der Waals surface area (Å²) in [6.45, 7) is 0.382. The number of ether oxygens (including phenoxy) is 1. The monoisotopic (exact) mass is 607 g/mol. The molecule has 4 N–H and O–H groups in total. The highest BCUT2D eigenvalue weighted by Gasteiger charge is 2.46. The third-order valence-corrected chi connectivity index (χ3v) is 9.17. The van der Waals surface area contributed by atoms with Crippen molar-refractivity contribution in [2.75, 3.05) is 26.2 Å². The Balaban J connectivity index is 1.54. The Kier molecular flexibility index (Phi) is 8.61. The highest BCUT2D eigenvalue weighted by Crippen LogP contribution is 2.42. The van der Waals surface area contributed by atoms with E-state index in [0.717, 1.165) is 17.7 Å². The van der Waals surface area contributed by atoms with Gasteiger partial charge < -0.3 is 20.1 Å². The SMILES string of the molecule is O=S1(=O)NC[C@H](O)CN(Cc2ccncc2)CC2(COc3cc(-c4cccc(C(F)(F)F)c4)ccc31)C[C@@H](O)[C@@H](O)C2. The van der Waals surface area contributed by atoms with Crippen molar-refractivity contribution in [3.63, 3.8) is 0 Å². The van der Waals surface area contributed by atoms with Gasteiger partial charge in [0.2, 0.25) is 10.0 Å². The van der Waals surface area contributed by atoms with E-state index in [0.29, 0.717) is 18.7 Å². The van der Waals surface area contributed by atoms with Crippen LogP contribution >= 0.6 is 0 Å². The Bertz CT molecular complexity index is 1500. The van der Waals surface area contributed by atoms with E-state index in [4.69, 9.17) is 4.74 Å². The van der Waals surface area contributed by atoms with Crippen LogP contribution in [-0.2, 0) is 22.7 Å². The lowest BCUT2D eigenvalue weighted by atomic mass is 9.85. The molecular formula is C29H32F3N3O6S. The molecule has 4 atom stereocenters. The largest absolute Gasteiger partial charge is 0.492 e.